The number of carbonyl (C=O) groups is 2. The molecule has 1 aliphatic heterocycles. The van der Waals surface area contributed by atoms with Gasteiger partial charge < -0.3 is 16.0 Å². The smallest absolute Gasteiger partial charge is 0.244 e. The number of carbonyl (C=O) groups excluding carboxylic acids is 2. The van der Waals surface area contributed by atoms with Crippen molar-refractivity contribution in [3.63, 3.8) is 0 Å². The fourth-order valence-electron chi connectivity index (χ4n) is 2.40. The molecule has 18 heavy (non-hydrogen) atoms. The molecule has 1 fully saturated rings. The van der Waals surface area contributed by atoms with Crippen LogP contribution in [0.2, 0.25) is 0 Å². The van der Waals surface area contributed by atoms with Crippen LogP contribution >= 0.6 is 0 Å². The monoisotopic (exact) mass is 255 g/mol. The Labute approximate surface area is 109 Å². The maximum Gasteiger partial charge on any atom is 0.244 e. The lowest BCUT2D eigenvalue weighted by molar-refractivity contribution is -0.132. The van der Waals surface area contributed by atoms with Crippen molar-refractivity contribution >= 4 is 11.8 Å². The molecule has 0 radical (unpaired) electrons. The number of nitrogens with one attached hydrogen (secondary N) is 1. The normalized spacial score (nSPS) is 21.5. The van der Waals surface area contributed by atoms with E-state index < -0.39 is 0 Å². The standard InChI is InChI=1S/C13H25N3O2/c1-9(2)6-10(8-14)7-12(17)15-11-4-5-16(3)13(11)18/h9-11H,4-8,14H2,1-3H3,(H,15,17)/t10-,11?/m0/s1. The van der Waals surface area contributed by atoms with E-state index in [-0.39, 0.29) is 23.8 Å². The van der Waals surface area contributed by atoms with E-state index >= 15 is 0 Å². The molecule has 2 atom stereocenters. The summed E-state index contributed by atoms with van der Waals surface area (Å²) in [6.07, 6.45) is 2.07. The highest BCUT2D eigenvalue weighted by molar-refractivity contribution is 5.89. The molecule has 1 rings (SSSR count). The van der Waals surface area contributed by atoms with Gasteiger partial charge in [-0.2, -0.15) is 0 Å². The molecular weight excluding hydrogens is 230 g/mol. The van der Waals surface area contributed by atoms with Crippen LogP contribution in [-0.2, 0) is 9.59 Å². The molecule has 3 N–H and O–H groups in total. The van der Waals surface area contributed by atoms with Crippen LogP contribution in [-0.4, -0.2) is 42.9 Å². The van der Waals surface area contributed by atoms with Crippen LogP contribution < -0.4 is 11.1 Å². The van der Waals surface area contributed by atoms with Crippen molar-refractivity contribution in [2.24, 2.45) is 17.6 Å². The minimum absolute atomic E-state index is 0.0107. The lowest BCUT2D eigenvalue weighted by atomic mass is 9.94. The second-order valence-corrected chi connectivity index (χ2v) is 5.60. The molecule has 1 unspecified atom stereocenters. The van der Waals surface area contributed by atoms with Crippen molar-refractivity contribution < 1.29 is 9.59 Å². The third-order valence-electron chi connectivity index (χ3n) is 3.37. The topological polar surface area (TPSA) is 75.4 Å². The first kappa shape index (κ1) is 15.0. The number of hydrogen-bond acceptors (Lipinski definition) is 3. The molecule has 0 spiro atoms. The van der Waals surface area contributed by atoms with Crippen molar-refractivity contribution in [1.29, 1.82) is 0 Å². The molecule has 0 saturated carbocycles. The van der Waals surface area contributed by atoms with E-state index in [1.807, 2.05) is 0 Å². The number of nitrogens with zero attached hydrogens (tertiary/aromatic N) is 1. The molecule has 0 aliphatic carbocycles. The molecule has 0 aromatic carbocycles. The molecule has 0 aromatic heterocycles. The summed E-state index contributed by atoms with van der Waals surface area (Å²) in [5.41, 5.74) is 5.67. The number of likely N-dealkylation sites (N-methyl/N-ethyl adjacent to an activating group) is 1. The second-order valence-electron chi connectivity index (χ2n) is 5.60. The van der Waals surface area contributed by atoms with E-state index in [2.05, 4.69) is 19.2 Å². The van der Waals surface area contributed by atoms with E-state index in [0.29, 0.717) is 25.3 Å². The quantitative estimate of drug-likeness (QED) is 0.719. The largest absolute Gasteiger partial charge is 0.344 e. The molecule has 1 saturated heterocycles. The predicted molar refractivity (Wildman–Crippen MR) is 70.8 cm³/mol. The maximum absolute atomic E-state index is 11.9. The zero-order valence-corrected chi connectivity index (χ0v) is 11.6. The van der Waals surface area contributed by atoms with Gasteiger partial charge in [-0.3, -0.25) is 9.59 Å². The van der Waals surface area contributed by atoms with Crippen molar-refractivity contribution in [3.05, 3.63) is 0 Å². The summed E-state index contributed by atoms with van der Waals surface area (Å²) in [6, 6.07) is -0.333. The minimum atomic E-state index is -0.333. The van der Waals surface area contributed by atoms with Crippen LogP contribution in [0.25, 0.3) is 0 Å². The van der Waals surface area contributed by atoms with Gasteiger partial charge in [0.05, 0.1) is 0 Å². The number of nitrogens with two attached hydrogens (primary N) is 1. The lowest BCUT2D eigenvalue weighted by Crippen LogP contribution is -2.41. The molecule has 2 amide bonds. The highest BCUT2D eigenvalue weighted by Gasteiger charge is 2.30. The highest BCUT2D eigenvalue weighted by Crippen LogP contribution is 2.15. The number of likely N-dealkylation sites (tertiary alicyclic amines) is 1. The summed E-state index contributed by atoms with van der Waals surface area (Å²) in [7, 11) is 1.76. The summed E-state index contributed by atoms with van der Waals surface area (Å²) < 4.78 is 0. The zero-order chi connectivity index (χ0) is 13.7. The second kappa shape index (κ2) is 6.73. The summed E-state index contributed by atoms with van der Waals surface area (Å²) in [6.45, 7) is 5.48. The zero-order valence-electron chi connectivity index (χ0n) is 11.6. The van der Waals surface area contributed by atoms with Gasteiger partial charge in [-0.05, 0) is 31.2 Å². The lowest BCUT2D eigenvalue weighted by Gasteiger charge is -2.18. The SMILES string of the molecule is CC(C)C[C@H](CN)CC(=O)NC1CCN(C)C1=O. The van der Waals surface area contributed by atoms with E-state index in [1.54, 1.807) is 11.9 Å². The molecule has 0 aromatic rings. The van der Waals surface area contributed by atoms with Gasteiger partial charge in [0.15, 0.2) is 0 Å². The number of rotatable bonds is 6. The van der Waals surface area contributed by atoms with Crippen LogP contribution in [0.5, 0.6) is 0 Å². The Bertz CT molecular complexity index is 305. The van der Waals surface area contributed by atoms with E-state index in [4.69, 9.17) is 5.73 Å². The van der Waals surface area contributed by atoms with Gasteiger partial charge >= 0.3 is 0 Å². The molecule has 5 nitrogen and oxygen atoms in total. The Hall–Kier alpha value is -1.10. The van der Waals surface area contributed by atoms with E-state index in [0.717, 1.165) is 13.0 Å². The van der Waals surface area contributed by atoms with Crippen LogP contribution in [0.4, 0.5) is 0 Å². The Morgan fingerprint density at radius 3 is 2.67 bits per heavy atom. The first-order chi connectivity index (χ1) is 8.43. The first-order valence-electron chi connectivity index (χ1n) is 6.68. The average molecular weight is 255 g/mol. The van der Waals surface area contributed by atoms with Gasteiger partial charge in [-0.25, -0.2) is 0 Å². The molecule has 0 bridgehead atoms. The molecule has 5 heteroatoms. The van der Waals surface area contributed by atoms with Crippen LogP contribution in [0.3, 0.4) is 0 Å². The average Bonchev–Trinajstić information content (AvgIpc) is 2.59. The Kier molecular flexibility index (Phi) is 5.59. The van der Waals surface area contributed by atoms with Crippen molar-refractivity contribution in [1.82, 2.24) is 10.2 Å². The van der Waals surface area contributed by atoms with Gasteiger partial charge in [0, 0.05) is 20.0 Å². The Balaban J connectivity index is 2.39. The van der Waals surface area contributed by atoms with Gasteiger partial charge in [-0.15, -0.1) is 0 Å². The molecular formula is C13H25N3O2. The van der Waals surface area contributed by atoms with Crippen LogP contribution in [0.15, 0.2) is 0 Å². The summed E-state index contributed by atoms with van der Waals surface area (Å²) in [5, 5.41) is 2.81. The van der Waals surface area contributed by atoms with Crippen molar-refractivity contribution in [2.75, 3.05) is 20.1 Å². The van der Waals surface area contributed by atoms with Gasteiger partial charge in [0.25, 0.3) is 0 Å². The van der Waals surface area contributed by atoms with Crippen LogP contribution in [0.1, 0.15) is 33.1 Å². The number of hydrogen-bond donors (Lipinski definition) is 2. The predicted octanol–water partition coefficient (Wildman–Crippen LogP) is 0.344. The van der Waals surface area contributed by atoms with Crippen LogP contribution in [0, 0.1) is 11.8 Å². The van der Waals surface area contributed by atoms with Crippen molar-refractivity contribution in [2.45, 2.75) is 39.2 Å². The third-order valence-corrected chi connectivity index (χ3v) is 3.37. The fraction of sp³-hybridized carbons (Fsp3) is 0.846. The summed E-state index contributed by atoms with van der Waals surface area (Å²) in [4.78, 5) is 25.2. The van der Waals surface area contributed by atoms with Crippen molar-refractivity contribution in [3.8, 4) is 0 Å². The van der Waals surface area contributed by atoms with Gasteiger partial charge in [-0.1, -0.05) is 13.8 Å². The maximum atomic E-state index is 11.9. The highest BCUT2D eigenvalue weighted by atomic mass is 16.2. The first-order valence-corrected chi connectivity index (χ1v) is 6.68. The van der Waals surface area contributed by atoms with Gasteiger partial charge in [0.1, 0.15) is 6.04 Å². The number of amides is 2. The Morgan fingerprint density at radius 1 is 1.56 bits per heavy atom. The third kappa shape index (κ3) is 4.29. The molecule has 1 heterocycles. The van der Waals surface area contributed by atoms with E-state index in [1.165, 1.54) is 0 Å². The molecule has 104 valence electrons. The van der Waals surface area contributed by atoms with Gasteiger partial charge in [0.2, 0.25) is 11.8 Å². The molecule has 1 aliphatic rings. The fourth-order valence-corrected chi connectivity index (χ4v) is 2.40. The summed E-state index contributed by atoms with van der Waals surface area (Å²) in [5.74, 6) is 0.695. The van der Waals surface area contributed by atoms with E-state index in [9.17, 15) is 9.59 Å². The summed E-state index contributed by atoms with van der Waals surface area (Å²) >= 11 is 0. The minimum Gasteiger partial charge on any atom is -0.344 e. The Morgan fingerprint density at radius 2 is 2.22 bits per heavy atom.